The largest absolute Gasteiger partial charge is 0.493 e. The fraction of sp³-hybridized carbons (Fsp3) is 0.389. The predicted molar refractivity (Wildman–Crippen MR) is 109 cm³/mol. The van der Waals surface area contributed by atoms with Crippen LogP contribution in [0.4, 0.5) is 10.8 Å². The lowest BCUT2D eigenvalue weighted by atomic mass is 10.2. The molecule has 0 saturated heterocycles. The molecular weight excluding hydrogens is 400 g/mol. The summed E-state index contributed by atoms with van der Waals surface area (Å²) in [6.07, 6.45) is 1.13. The molecule has 2 rings (SSSR count). The number of hydrogen-bond donors (Lipinski definition) is 1. The van der Waals surface area contributed by atoms with Crippen molar-refractivity contribution < 1.29 is 23.9 Å². The topological polar surface area (TPSA) is 125 Å². The van der Waals surface area contributed by atoms with E-state index < -0.39 is 10.9 Å². The molecule has 0 aliphatic rings. The number of nitrogens with zero attached hydrogens (tertiary/aromatic N) is 3. The summed E-state index contributed by atoms with van der Waals surface area (Å²) in [6, 6.07) is 2.91. The molecule has 1 heterocycles. The molecule has 0 fully saturated rings. The van der Waals surface area contributed by atoms with Crippen LogP contribution in [-0.4, -0.2) is 41.9 Å². The van der Waals surface area contributed by atoms with Crippen molar-refractivity contribution in [3.63, 3.8) is 0 Å². The Morgan fingerprint density at radius 2 is 2.17 bits per heavy atom. The van der Waals surface area contributed by atoms with Gasteiger partial charge >= 0.3 is 11.7 Å². The van der Waals surface area contributed by atoms with E-state index in [4.69, 9.17) is 14.2 Å². The molecule has 0 radical (unpaired) electrons. The molecule has 0 amide bonds. The molecule has 156 valence electrons. The lowest BCUT2D eigenvalue weighted by Crippen LogP contribution is -2.09. The highest BCUT2D eigenvalue weighted by molar-refractivity contribution is 7.17. The normalized spacial score (nSPS) is 11.0. The molecule has 11 heteroatoms. The standard InChI is InChI=1S/C18H22N4O6S/c1-6-27-17(23)16-11(4)20-18(29-16)21-19-9-12-7-13(22(24)25)15(28-10(2)3)14(8-12)26-5/h7-10H,6H2,1-5H3,(H,20,21)/b19-9-. The Hall–Kier alpha value is -3.21. The van der Waals surface area contributed by atoms with E-state index in [0.29, 0.717) is 21.3 Å². The van der Waals surface area contributed by atoms with E-state index in [2.05, 4.69) is 15.5 Å². The number of nitro benzene ring substituents is 1. The van der Waals surface area contributed by atoms with Crippen molar-refractivity contribution in [2.45, 2.75) is 33.8 Å². The Morgan fingerprint density at radius 1 is 1.45 bits per heavy atom. The lowest BCUT2D eigenvalue weighted by Gasteiger charge is -2.14. The number of aryl methyl sites for hydroxylation is 1. The number of carbonyl (C=O) groups is 1. The maximum absolute atomic E-state index is 11.8. The molecule has 1 aromatic carbocycles. The molecule has 0 saturated carbocycles. The number of nitro groups is 1. The Kier molecular flexibility index (Phi) is 7.48. The van der Waals surface area contributed by atoms with E-state index in [-0.39, 0.29) is 29.9 Å². The van der Waals surface area contributed by atoms with Gasteiger partial charge < -0.3 is 14.2 Å². The number of esters is 1. The third kappa shape index (κ3) is 5.64. The number of nitrogens with one attached hydrogen (secondary N) is 1. The molecule has 1 aromatic heterocycles. The zero-order valence-electron chi connectivity index (χ0n) is 16.7. The highest BCUT2D eigenvalue weighted by Crippen LogP contribution is 2.38. The smallest absolute Gasteiger partial charge is 0.350 e. The second-order valence-corrected chi connectivity index (χ2v) is 7.02. The number of anilines is 1. The van der Waals surface area contributed by atoms with Gasteiger partial charge in [0, 0.05) is 11.6 Å². The number of benzene rings is 1. The minimum absolute atomic E-state index is 0.0623. The van der Waals surface area contributed by atoms with Crippen LogP contribution in [0.2, 0.25) is 0 Å². The average Bonchev–Trinajstić information content (AvgIpc) is 3.02. The van der Waals surface area contributed by atoms with Gasteiger partial charge in [-0.2, -0.15) is 5.10 Å². The van der Waals surface area contributed by atoms with E-state index >= 15 is 0 Å². The molecule has 0 atom stereocenters. The van der Waals surface area contributed by atoms with Gasteiger partial charge in [0.15, 0.2) is 5.75 Å². The number of rotatable bonds is 9. The highest BCUT2D eigenvalue weighted by atomic mass is 32.1. The van der Waals surface area contributed by atoms with Gasteiger partial charge in [-0.25, -0.2) is 9.78 Å². The van der Waals surface area contributed by atoms with Gasteiger partial charge in [-0.1, -0.05) is 11.3 Å². The first-order chi connectivity index (χ1) is 13.8. The predicted octanol–water partition coefficient (Wildman–Crippen LogP) is 3.78. The fourth-order valence-electron chi connectivity index (χ4n) is 2.32. The van der Waals surface area contributed by atoms with E-state index in [1.807, 2.05) is 0 Å². The van der Waals surface area contributed by atoms with Gasteiger partial charge in [-0.05, 0) is 33.8 Å². The molecule has 1 N–H and O–H groups in total. The minimum Gasteiger partial charge on any atom is -0.493 e. The molecule has 10 nitrogen and oxygen atoms in total. The first-order valence-corrected chi connectivity index (χ1v) is 9.55. The maximum Gasteiger partial charge on any atom is 0.350 e. The number of thiazole rings is 1. The van der Waals surface area contributed by atoms with Crippen molar-refractivity contribution in [1.82, 2.24) is 4.98 Å². The second-order valence-electron chi connectivity index (χ2n) is 6.02. The van der Waals surface area contributed by atoms with Crippen molar-refractivity contribution in [2.24, 2.45) is 5.10 Å². The Morgan fingerprint density at radius 3 is 2.76 bits per heavy atom. The van der Waals surface area contributed by atoms with Crippen LogP contribution in [-0.2, 0) is 4.74 Å². The third-order valence-electron chi connectivity index (χ3n) is 3.46. The number of hydrazone groups is 1. The Balaban J connectivity index is 2.24. The molecule has 0 bridgehead atoms. The summed E-state index contributed by atoms with van der Waals surface area (Å²) in [4.78, 5) is 27.3. The van der Waals surface area contributed by atoms with Crippen molar-refractivity contribution in [2.75, 3.05) is 19.1 Å². The number of aromatic nitrogens is 1. The van der Waals surface area contributed by atoms with E-state index in [9.17, 15) is 14.9 Å². The zero-order valence-corrected chi connectivity index (χ0v) is 17.5. The van der Waals surface area contributed by atoms with E-state index in [1.54, 1.807) is 33.8 Å². The van der Waals surface area contributed by atoms with Gasteiger partial charge in [0.25, 0.3) is 0 Å². The van der Waals surface area contributed by atoms with Crippen LogP contribution in [0.15, 0.2) is 17.2 Å². The van der Waals surface area contributed by atoms with Crippen LogP contribution in [0.1, 0.15) is 41.7 Å². The van der Waals surface area contributed by atoms with Gasteiger partial charge in [0.1, 0.15) is 4.88 Å². The average molecular weight is 422 g/mol. The summed E-state index contributed by atoms with van der Waals surface area (Å²) in [6.45, 7) is 7.22. The van der Waals surface area contributed by atoms with Crippen LogP contribution in [0.5, 0.6) is 11.5 Å². The molecule has 0 aliphatic heterocycles. The number of hydrogen-bond acceptors (Lipinski definition) is 10. The van der Waals surface area contributed by atoms with Crippen molar-refractivity contribution in [3.05, 3.63) is 38.4 Å². The molecule has 2 aromatic rings. The minimum atomic E-state index is -0.541. The fourth-order valence-corrected chi connectivity index (χ4v) is 3.13. The molecule has 0 aliphatic carbocycles. The van der Waals surface area contributed by atoms with Crippen LogP contribution in [0.3, 0.4) is 0 Å². The first kappa shape index (κ1) is 22.1. The maximum atomic E-state index is 11.8. The van der Waals surface area contributed by atoms with E-state index in [1.165, 1.54) is 19.4 Å². The van der Waals surface area contributed by atoms with Gasteiger partial charge in [-0.3, -0.25) is 15.5 Å². The summed E-state index contributed by atoms with van der Waals surface area (Å²) in [7, 11) is 1.40. The Bertz CT molecular complexity index is 925. The number of methoxy groups -OCH3 is 1. The first-order valence-electron chi connectivity index (χ1n) is 8.73. The SMILES string of the molecule is CCOC(=O)c1sc(N/N=C\c2cc(OC)c(OC(C)C)c([N+](=O)[O-])c2)nc1C. The number of ether oxygens (including phenoxy) is 3. The van der Waals surface area contributed by atoms with Crippen molar-refractivity contribution >= 4 is 34.3 Å². The monoisotopic (exact) mass is 422 g/mol. The number of carbonyl (C=O) groups excluding carboxylic acids is 1. The van der Waals surface area contributed by atoms with Crippen LogP contribution in [0, 0.1) is 17.0 Å². The van der Waals surface area contributed by atoms with Crippen molar-refractivity contribution in [1.29, 1.82) is 0 Å². The molecular formula is C18H22N4O6S. The van der Waals surface area contributed by atoms with Gasteiger partial charge in [0.05, 0.1) is 36.7 Å². The van der Waals surface area contributed by atoms with Gasteiger partial charge in [-0.15, -0.1) is 0 Å². The summed E-state index contributed by atoms with van der Waals surface area (Å²) in [5.41, 5.74) is 3.44. The van der Waals surface area contributed by atoms with Crippen LogP contribution >= 0.6 is 11.3 Å². The third-order valence-corrected chi connectivity index (χ3v) is 4.50. The molecule has 0 unspecified atom stereocenters. The summed E-state index contributed by atoms with van der Waals surface area (Å²) >= 11 is 1.10. The zero-order chi connectivity index (χ0) is 21.6. The lowest BCUT2D eigenvalue weighted by molar-refractivity contribution is -0.386. The van der Waals surface area contributed by atoms with Crippen LogP contribution in [0.25, 0.3) is 0 Å². The molecule has 29 heavy (non-hydrogen) atoms. The highest BCUT2D eigenvalue weighted by Gasteiger charge is 2.23. The summed E-state index contributed by atoms with van der Waals surface area (Å²) in [5, 5.41) is 15.9. The molecule has 0 spiro atoms. The quantitative estimate of drug-likeness (QED) is 0.280. The second kappa shape index (κ2) is 9.82. The summed E-state index contributed by atoms with van der Waals surface area (Å²) in [5.74, 6) is -0.156. The van der Waals surface area contributed by atoms with Crippen molar-refractivity contribution in [3.8, 4) is 11.5 Å². The van der Waals surface area contributed by atoms with Crippen LogP contribution < -0.4 is 14.9 Å². The Labute approximate surface area is 171 Å². The van der Waals surface area contributed by atoms with Gasteiger partial charge in [0.2, 0.25) is 10.9 Å². The summed E-state index contributed by atoms with van der Waals surface area (Å²) < 4.78 is 15.7. The van der Waals surface area contributed by atoms with E-state index in [0.717, 1.165) is 11.3 Å².